The first-order chi connectivity index (χ1) is 14.9. The summed E-state index contributed by atoms with van der Waals surface area (Å²) in [5.41, 5.74) is 0.581. The minimum absolute atomic E-state index is 0.107. The Kier molecular flexibility index (Phi) is 5.98. The van der Waals surface area contributed by atoms with E-state index in [9.17, 15) is 18.3 Å². The van der Waals surface area contributed by atoms with E-state index in [1.165, 1.54) is 22.5 Å². The number of aromatic hydroxyl groups is 1. The summed E-state index contributed by atoms with van der Waals surface area (Å²) in [4.78, 5) is 13.1. The van der Waals surface area contributed by atoms with Crippen LogP contribution in [0.1, 0.15) is 42.6 Å². The number of nitrogens with zero attached hydrogens (tertiary/aromatic N) is 1. The second-order valence-electron chi connectivity index (χ2n) is 7.77. The van der Waals surface area contributed by atoms with Crippen LogP contribution in [0, 0.1) is 5.92 Å². The molecule has 1 aliphatic carbocycles. The Labute approximate surface area is 181 Å². The van der Waals surface area contributed by atoms with E-state index in [1.807, 2.05) is 30.3 Å². The normalized spacial score (nSPS) is 15.2. The van der Waals surface area contributed by atoms with Crippen LogP contribution in [0.25, 0.3) is 0 Å². The molecule has 1 atom stereocenters. The van der Waals surface area contributed by atoms with Gasteiger partial charge in [-0.1, -0.05) is 55.5 Å². The Balaban J connectivity index is 1.66. The van der Waals surface area contributed by atoms with Gasteiger partial charge in [-0.05, 0) is 36.5 Å². The highest BCUT2D eigenvalue weighted by atomic mass is 32.2. The van der Waals surface area contributed by atoms with Gasteiger partial charge in [0.25, 0.3) is 0 Å². The smallest absolute Gasteiger partial charge is 0.343 e. The third kappa shape index (κ3) is 4.43. The molecule has 6 nitrogen and oxygen atoms in total. The SMILES string of the molecule is CCN(Cc1cc(O)c(C(c2ccccc2)C2CC2)c(=O)o1)S(=O)(=O)c1ccccc1. The molecular formula is C24H25NO5S. The summed E-state index contributed by atoms with van der Waals surface area (Å²) in [5, 5.41) is 10.8. The van der Waals surface area contributed by atoms with Crippen molar-refractivity contribution in [3.05, 3.63) is 94.0 Å². The third-order valence-electron chi connectivity index (χ3n) is 5.65. The van der Waals surface area contributed by atoms with Crippen LogP contribution in [-0.2, 0) is 16.6 Å². The summed E-state index contributed by atoms with van der Waals surface area (Å²) in [6.45, 7) is 1.76. The van der Waals surface area contributed by atoms with Crippen LogP contribution in [0.5, 0.6) is 5.75 Å². The van der Waals surface area contributed by atoms with Gasteiger partial charge < -0.3 is 9.52 Å². The zero-order valence-electron chi connectivity index (χ0n) is 17.3. The van der Waals surface area contributed by atoms with Crippen molar-refractivity contribution in [1.29, 1.82) is 0 Å². The fraction of sp³-hybridized carbons (Fsp3) is 0.292. The van der Waals surface area contributed by atoms with E-state index in [1.54, 1.807) is 25.1 Å². The molecule has 7 heteroatoms. The molecule has 0 amide bonds. The lowest BCUT2D eigenvalue weighted by Gasteiger charge is -2.21. The molecule has 31 heavy (non-hydrogen) atoms. The molecule has 4 rings (SSSR count). The van der Waals surface area contributed by atoms with Crippen molar-refractivity contribution in [2.45, 2.75) is 37.1 Å². The Morgan fingerprint density at radius 1 is 1.06 bits per heavy atom. The molecule has 0 radical (unpaired) electrons. The summed E-state index contributed by atoms with van der Waals surface area (Å²) in [5.74, 6) is 0.00450. The Hall–Kier alpha value is -2.90. The second kappa shape index (κ2) is 8.69. The molecule has 1 N–H and O–H groups in total. The first kappa shape index (κ1) is 21.3. The summed E-state index contributed by atoms with van der Waals surface area (Å²) in [6.07, 6.45) is 1.97. The van der Waals surface area contributed by atoms with Gasteiger partial charge in [-0.15, -0.1) is 0 Å². The lowest BCUT2D eigenvalue weighted by Crippen LogP contribution is -2.31. The molecule has 0 bridgehead atoms. The van der Waals surface area contributed by atoms with Crippen LogP contribution >= 0.6 is 0 Å². The molecule has 162 valence electrons. The maximum Gasteiger partial charge on any atom is 0.343 e. The lowest BCUT2D eigenvalue weighted by atomic mass is 9.87. The molecule has 1 fully saturated rings. The number of sulfonamides is 1. The largest absolute Gasteiger partial charge is 0.507 e. The van der Waals surface area contributed by atoms with E-state index in [0.717, 1.165) is 18.4 Å². The highest BCUT2D eigenvalue weighted by Crippen LogP contribution is 2.47. The van der Waals surface area contributed by atoms with E-state index in [2.05, 4.69) is 0 Å². The quantitative estimate of drug-likeness (QED) is 0.571. The third-order valence-corrected chi connectivity index (χ3v) is 7.58. The Morgan fingerprint density at radius 2 is 1.68 bits per heavy atom. The number of rotatable bonds is 8. The van der Waals surface area contributed by atoms with E-state index < -0.39 is 15.6 Å². The zero-order valence-corrected chi connectivity index (χ0v) is 18.1. The van der Waals surface area contributed by atoms with Crippen LogP contribution in [0.3, 0.4) is 0 Å². The predicted molar refractivity (Wildman–Crippen MR) is 117 cm³/mol. The summed E-state index contributed by atoms with van der Waals surface area (Å²) >= 11 is 0. The molecule has 1 aliphatic rings. The maximum absolute atomic E-state index is 12.9. The molecule has 0 spiro atoms. The van der Waals surface area contributed by atoms with Crippen molar-refractivity contribution in [2.24, 2.45) is 5.92 Å². The molecule has 3 aromatic rings. The van der Waals surface area contributed by atoms with Crippen LogP contribution < -0.4 is 5.63 Å². The fourth-order valence-corrected chi connectivity index (χ4v) is 5.39. The molecule has 1 aromatic heterocycles. The average molecular weight is 440 g/mol. The summed E-state index contributed by atoms with van der Waals surface area (Å²) in [7, 11) is -3.76. The van der Waals surface area contributed by atoms with E-state index in [0.29, 0.717) is 0 Å². The Bertz CT molecular complexity index is 1200. The lowest BCUT2D eigenvalue weighted by molar-refractivity contribution is 0.345. The van der Waals surface area contributed by atoms with E-state index in [4.69, 9.17) is 4.42 Å². The zero-order chi connectivity index (χ0) is 22.0. The summed E-state index contributed by atoms with van der Waals surface area (Å²) < 4.78 is 32.6. The van der Waals surface area contributed by atoms with Gasteiger partial charge in [-0.3, -0.25) is 0 Å². The van der Waals surface area contributed by atoms with Gasteiger partial charge in [0, 0.05) is 18.5 Å². The fourth-order valence-electron chi connectivity index (χ4n) is 3.95. The standard InChI is InChI=1S/C24H25NO5S/c1-2-25(31(28,29)20-11-7-4-8-12-20)16-19-15-21(26)23(24(27)30-19)22(18-13-14-18)17-9-5-3-6-10-17/h3-12,15,18,22,26H,2,13-14,16H2,1H3. The van der Waals surface area contributed by atoms with Gasteiger partial charge in [-0.25, -0.2) is 13.2 Å². The highest BCUT2D eigenvalue weighted by Gasteiger charge is 2.37. The van der Waals surface area contributed by atoms with Crippen molar-refractivity contribution >= 4 is 10.0 Å². The highest BCUT2D eigenvalue weighted by molar-refractivity contribution is 7.89. The van der Waals surface area contributed by atoms with Gasteiger partial charge in [0.15, 0.2) is 0 Å². The molecule has 1 saturated carbocycles. The van der Waals surface area contributed by atoms with Gasteiger partial charge in [0.05, 0.1) is 17.0 Å². The minimum atomic E-state index is -3.76. The molecule has 1 unspecified atom stereocenters. The van der Waals surface area contributed by atoms with E-state index in [-0.39, 0.29) is 46.9 Å². The van der Waals surface area contributed by atoms with Gasteiger partial charge in [-0.2, -0.15) is 4.31 Å². The molecule has 0 aliphatic heterocycles. The number of benzene rings is 2. The first-order valence-electron chi connectivity index (χ1n) is 10.4. The Morgan fingerprint density at radius 3 is 2.23 bits per heavy atom. The number of hydrogen-bond donors (Lipinski definition) is 1. The topological polar surface area (TPSA) is 87.8 Å². The predicted octanol–water partition coefficient (Wildman–Crippen LogP) is 4.10. The van der Waals surface area contributed by atoms with E-state index >= 15 is 0 Å². The molecule has 1 heterocycles. The molecular weight excluding hydrogens is 414 g/mol. The van der Waals surface area contributed by atoms with Gasteiger partial charge >= 0.3 is 5.63 Å². The average Bonchev–Trinajstić information content (AvgIpc) is 3.60. The van der Waals surface area contributed by atoms with Crippen molar-refractivity contribution in [1.82, 2.24) is 4.31 Å². The van der Waals surface area contributed by atoms with Crippen LogP contribution in [0.4, 0.5) is 0 Å². The van der Waals surface area contributed by atoms with Crippen molar-refractivity contribution in [2.75, 3.05) is 6.54 Å². The second-order valence-corrected chi connectivity index (χ2v) is 9.71. The number of hydrogen-bond acceptors (Lipinski definition) is 5. The molecule has 2 aromatic carbocycles. The first-order valence-corrected chi connectivity index (χ1v) is 11.8. The van der Waals surface area contributed by atoms with Gasteiger partial charge in [0.2, 0.25) is 10.0 Å². The maximum atomic E-state index is 12.9. The van der Waals surface area contributed by atoms with Gasteiger partial charge in [0.1, 0.15) is 11.5 Å². The van der Waals surface area contributed by atoms with Crippen molar-refractivity contribution < 1.29 is 17.9 Å². The van der Waals surface area contributed by atoms with Crippen molar-refractivity contribution in [3.63, 3.8) is 0 Å². The van der Waals surface area contributed by atoms with Crippen LogP contribution in [0.2, 0.25) is 0 Å². The van der Waals surface area contributed by atoms with Crippen molar-refractivity contribution in [3.8, 4) is 5.75 Å². The monoisotopic (exact) mass is 439 g/mol. The van der Waals surface area contributed by atoms with Crippen LogP contribution in [-0.4, -0.2) is 24.4 Å². The minimum Gasteiger partial charge on any atom is -0.507 e. The van der Waals surface area contributed by atoms with Crippen LogP contribution in [0.15, 0.2) is 80.8 Å². The summed E-state index contributed by atoms with van der Waals surface area (Å²) in [6, 6.07) is 19.1. The molecule has 0 saturated heterocycles.